The molecule has 0 unspecified atom stereocenters. The van der Waals surface area contributed by atoms with Crippen molar-refractivity contribution in [3.05, 3.63) is 47.0 Å². The molecule has 1 amide bonds. The quantitative estimate of drug-likeness (QED) is 0.790. The number of nitrogens with one attached hydrogen (secondary N) is 2. The molecule has 0 aliphatic rings. The summed E-state index contributed by atoms with van der Waals surface area (Å²) in [6, 6.07) is 10.9. The van der Waals surface area contributed by atoms with Gasteiger partial charge in [0.25, 0.3) is 0 Å². The number of benzene rings is 2. The van der Waals surface area contributed by atoms with E-state index in [2.05, 4.69) is 10.6 Å². The average molecular weight is 349 g/mol. The fourth-order valence-electron chi connectivity index (χ4n) is 2.26. The van der Waals surface area contributed by atoms with Gasteiger partial charge in [0.1, 0.15) is 11.5 Å². The monoisotopic (exact) mass is 348 g/mol. The van der Waals surface area contributed by atoms with E-state index in [0.29, 0.717) is 29.4 Å². The number of hydrogen-bond acceptors (Lipinski definition) is 4. The van der Waals surface area contributed by atoms with E-state index in [0.717, 1.165) is 17.0 Å². The van der Waals surface area contributed by atoms with Gasteiger partial charge in [-0.25, -0.2) is 0 Å². The highest BCUT2D eigenvalue weighted by molar-refractivity contribution is 6.31. The van der Waals surface area contributed by atoms with Gasteiger partial charge in [-0.2, -0.15) is 0 Å². The highest BCUT2D eigenvalue weighted by atomic mass is 35.5. The first-order chi connectivity index (χ1) is 11.5. The second-order valence-electron chi connectivity index (χ2n) is 5.27. The van der Waals surface area contributed by atoms with Gasteiger partial charge >= 0.3 is 0 Å². The van der Waals surface area contributed by atoms with Crippen LogP contribution in [0.25, 0.3) is 0 Å². The van der Waals surface area contributed by atoms with Crippen molar-refractivity contribution in [2.45, 2.75) is 13.3 Å². The molecule has 0 bridgehead atoms. The van der Waals surface area contributed by atoms with E-state index in [1.54, 1.807) is 32.4 Å². The molecule has 6 heteroatoms. The summed E-state index contributed by atoms with van der Waals surface area (Å²) >= 11 is 5.96. The van der Waals surface area contributed by atoms with Crippen LogP contribution in [0.1, 0.15) is 12.0 Å². The maximum Gasteiger partial charge on any atom is 0.226 e. The first kappa shape index (κ1) is 17.9. The Hall–Kier alpha value is -2.40. The molecule has 0 saturated heterocycles. The van der Waals surface area contributed by atoms with Crippen LogP contribution in [0.4, 0.5) is 11.4 Å². The van der Waals surface area contributed by atoms with Crippen molar-refractivity contribution in [3.8, 4) is 11.5 Å². The molecule has 0 aromatic heterocycles. The molecular formula is C18H21ClN2O3. The molecule has 128 valence electrons. The second-order valence-corrected chi connectivity index (χ2v) is 5.71. The third-order valence-electron chi connectivity index (χ3n) is 3.46. The summed E-state index contributed by atoms with van der Waals surface area (Å²) < 4.78 is 10.5. The maximum atomic E-state index is 12.1. The number of rotatable bonds is 7. The van der Waals surface area contributed by atoms with E-state index in [9.17, 15) is 4.79 Å². The fraction of sp³-hybridized carbons (Fsp3) is 0.278. The first-order valence-corrected chi connectivity index (χ1v) is 7.93. The smallest absolute Gasteiger partial charge is 0.226 e. The lowest BCUT2D eigenvalue weighted by atomic mass is 10.2. The summed E-state index contributed by atoms with van der Waals surface area (Å²) in [5.41, 5.74) is 2.54. The van der Waals surface area contributed by atoms with Crippen molar-refractivity contribution >= 4 is 28.9 Å². The summed E-state index contributed by atoms with van der Waals surface area (Å²) in [4.78, 5) is 12.1. The van der Waals surface area contributed by atoms with Crippen LogP contribution in [0.15, 0.2) is 36.4 Å². The lowest BCUT2D eigenvalue weighted by Gasteiger charge is -2.13. The molecule has 2 aromatic rings. The van der Waals surface area contributed by atoms with Crippen molar-refractivity contribution in [1.29, 1.82) is 0 Å². The minimum Gasteiger partial charge on any atom is -0.495 e. The Balaban J connectivity index is 1.92. The number of anilines is 2. The summed E-state index contributed by atoms with van der Waals surface area (Å²) in [6.45, 7) is 2.48. The van der Waals surface area contributed by atoms with Crippen LogP contribution in [0, 0.1) is 6.92 Å². The predicted octanol–water partition coefficient (Wildman–Crippen LogP) is 4.11. The molecule has 0 aliphatic heterocycles. The number of methoxy groups -OCH3 is 2. The number of hydrogen-bond donors (Lipinski definition) is 2. The molecule has 2 rings (SSSR count). The van der Waals surface area contributed by atoms with Gasteiger partial charge in [-0.3, -0.25) is 4.79 Å². The molecule has 2 N–H and O–H groups in total. The zero-order chi connectivity index (χ0) is 17.5. The summed E-state index contributed by atoms with van der Waals surface area (Å²) in [7, 11) is 3.17. The molecule has 0 radical (unpaired) electrons. The number of carbonyl (C=O) groups excluding carboxylic acids is 1. The normalized spacial score (nSPS) is 10.2. The van der Waals surface area contributed by atoms with E-state index in [1.807, 2.05) is 25.1 Å². The van der Waals surface area contributed by atoms with E-state index < -0.39 is 0 Å². The largest absolute Gasteiger partial charge is 0.495 e. The van der Waals surface area contributed by atoms with Gasteiger partial charge < -0.3 is 20.1 Å². The molecule has 5 nitrogen and oxygen atoms in total. The van der Waals surface area contributed by atoms with E-state index >= 15 is 0 Å². The van der Waals surface area contributed by atoms with Crippen LogP contribution >= 0.6 is 11.6 Å². The van der Waals surface area contributed by atoms with Crippen molar-refractivity contribution in [1.82, 2.24) is 0 Å². The van der Waals surface area contributed by atoms with Crippen LogP contribution in [-0.2, 0) is 4.79 Å². The highest BCUT2D eigenvalue weighted by Gasteiger charge is 2.09. The highest BCUT2D eigenvalue weighted by Crippen LogP contribution is 2.28. The van der Waals surface area contributed by atoms with E-state index in [1.165, 1.54) is 0 Å². The zero-order valence-corrected chi connectivity index (χ0v) is 14.7. The van der Waals surface area contributed by atoms with Crippen molar-refractivity contribution in [2.75, 3.05) is 31.4 Å². The molecule has 0 atom stereocenters. The summed E-state index contributed by atoms with van der Waals surface area (Å²) in [5, 5.41) is 6.56. The molecule has 2 aromatic carbocycles. The summed E-state index contributed by atoms with van der Waals surface area (Å²) in [5.74, 6) is 1.19. The third-order valence-corrected chi connectivity index (χ3v) is 3.69. The number of carbonyl (C=O) groups is 1. The fourth-order valence-corrected chi connectivity index (χ4v) is 2.43. The van der Waals surface area contributed by atoms with Crippen LogP contribution in [-0.4, -0.2) is 26.7 Å². The van der Waals surface area contributed by atoms with Gasteiger partial charge in [0.2, 0.25) is 5.91 Å². The molecule has 0 saturated carbocycles. The van der Waals surface area contributed by atoms with Crippen LogP contribution in [0.3, 0.4) is 0 Å². The van der Waals surface area contributed by atoms with E-state index in [-0.39, 0.29) is 5.91 Å². The lowest BCUT2D eigenvalue weighted by molar-refractivity contribution is -0.116. The van der Waals surface area contributed by atoms with Crippen LogP contribution < -0.4 is 20.1 Å². The first-order valence-electron chi connectivity index (χ1n) is 7.55. The Labute approximate surface area is 146 Å². The maximum absolute atomic E-state index is 12.1. The summed E-state index contributed by atoms with van der Waals surface area (Å²) in [6.07, 6.45) is 0.298. The van der Waals surface area contributed by atoms with Crippen LogP contribution in [0.5, 0.6) is 11.5 Å². The number of ether oxygens (including phenoxy) is 2. The van der Waals surface area contributed by atoms with Gasteiger partial charge in [0.05, 0.1) is 25.6 Å². The molecule has 0 aliphatic carbocycles. The van der Waals surface area contributed by atoms with Gasteiger partial charge in [0.15, 0.2) is 0 Å². The van der Waals surface area contributed by atoms with E-state index in [4.69, 9.17) is 21.1 Å². The van der Waals surface area contributed by atoms with Crippen molar-refractivity contribution < 1.29 is 14.3 Å². The minimum absolute atomic E-state index is 0.130. The standard InChI is InChI=1S/C18H21ClN2O3/c1-12-4-6-16(23-2)14(10-12)20-9-8-18(22)21-15-11-13(19)5-7-17(15)24-3/h4-7,10-11,20H,8-9H2,1-3H3,(H,21,22). The minimum atomic E-state index is -0.130. The molecular weight excluding hydrogens is 328 g/mol. The number of aryl methyl sites for hydroxylation is 1. The Morgan fingerprint density at radius 1 is 1.04 bits per heavy atom. The third kappa shape index (κ3) is 4.80. The predicted molar refractivity (Wildman–Crippen MR) is 97.5 cm³/mol. The van der Waals surface area contributed by atoms with Gasteiger partial charge in [-0.1, -0.05) is 17.7 Å². The van der Waals surface area contributed by atoms with Crippen molar-refractivity contribution in [2.24, 2.45) is 0 Å². The lowest BCUT2D eigenvalue weighted by Crippen LogP contribution is -2.17. The molecule has 0 spiro atoms. The van der Waals surface area contributed by atoms with Gasteiger partial charge in [-0.15, -0.1) is 0 Å². The Bertz CT molecular complexity index is 719. The Kier molecular flexibility index (Phi) is 6.32. The van der Waals surface area contributed by atoms with Crippen molar-refractivity contribution in [3.63, 3.8) is 0 Å². The zero-order valence-electron chi connectivity index (χ0n) is 14.0. The average Bonchev–Trinajstić information content (AvgIpc) is 2.55. The number of amides is 1. The second kappa shape index (κ2) is 8.45. The molecule has 0 fully saturated rings. The Morgan fingerprint density at radius 3 is 2.42 bits per heavy atom. The van der Waals surface area contributed by atoms with Gasteiger partial charge in [-0.05, 0) is 42.8 Å². The Morgan fingerprint density at radius 2 is 1.71 bits per heavy atom. The van der Waals surface area contributed by atoms with Gasteiger partial charge in [0, 0.05) is 18.0 Å². The number of halogens is 1. The molecule has 24 heavy (non-hydrogen) atoms. The SMILES string of the molecule is COc1ccc(C)cc1NCCC(=O)Nc1cc(Cl)ccc1OC. The topological polar surface area (TPSA) is 59.6 Å². The van der Waals surface area contributed by atoms with Crippen LogP contribution in [0.2, 0.25) is 5.02 Å². The molecule has 0 heterocycles.